The molecular weight excluding hydrogens is 424 g/mol. The molecule has 0 aliphatic rings. The number of rotatable bonds is 8. The van der Waals surface area contributed by atoms with Gasteiger partial charge in [0, 0.05) is 16.3 Å². The minimum absolute atomic E-state index is 0.0147. The van der Waals surface area contributed by atoms with E-state index < -0.39 is 22.5 Å². The van der Waals surface area contributed by atoms with Gasteiger partial charge in [-0.15, -0.1) is 0 Å². The summed E-state index contributed by atoms with van der Waals surface area (Å²) in [7, 11) is 3.60. The molecule has 0 spiro atoms. The molecule has 0 N–H and O–H groups in total. The summed E-state index contributed by atoms with van der Waals surface area (Å²) in [6, 6.07) is 9.58. The number of hydrogen-bond acceptors (Lipinski definition) is 8. The summed E-state index contributed by atoms with van der Waals surface area (Å²) in [6.07, 6.45) is 1.75. The number of methoxy groups -OCH3 is 3. The minimum Gasteiger partial charge on any atom is -0.868 e. The summed E-state index contributed by atoms with van der Waals surface area (Å²) < 4.78 is 26.3. The summed E-state index contributed by atoms with van der Waals surface area (Å²) in [6.45, 7) is 0.0147. The van der Waals surface area contributed by atoms with Crippen LogP contribution >= 0.6 is 0 Å². The van der Waals surface area contributed by atoms with Crippen LogP contribution in [0.2, 0.25) is 0 Å². The molecule has 0 bridgehead atoms. The lowest BCUT2D eigenvalue weighted by Crippen LogP contribution is -2.22. The van der Waals surface area contributed by atoms with Gasteiger partial charge in [0.2, 0.25) is 10.6 Å². The fourth-order valence-electron chi connectivity index (χ4n) is 3.05. The third-order valence-electron chi connectivity index (χ3n) is 4.60. The quantitative estimate of drug-likeness (QED) is 0.295. The lowest BCUT2D eigenvalue weighted by Gasteiger charge is -2.14. The van der Waals surface area contributed by atoms with Crippen molar-refractivity contribution in [2.24, 2.45) is 0 Å². The van der Waals surface area contributed by atoms with Crippen LogP contribution in [-0.4, -0.2) is 45.9 Å². The van der Waals surface area contributed by atoms with Gasteiger partial charge >= 0.3 is 11.6 Å². The number of fused-ring (bicyclic) bond motifs is 1. The first-order chi connectivity index (χ1) is 14.9. The molecule has 8 nitrogen and oxygen atoms in total. The lowest BCUT2D eigenvalue weighted by molar-refractivity contribution is -0.270. The third-order valence-corrected chi connectivity index (χ3v) is 6.43. The van der Waals surface area contributed by atoms with Crippen molar-refractivity contribution in [3.8, 4) is 23.0 Å². The standard InChI is InChI=1S/C22H22O8S/c1-26-16-11-13(12-17(27-2)19(16)28-3)21(24)29-9-10-31(4)20-18(23)14-7-5-6-8-15(14)30-22(20)25/h5-8,11-12H,9-10H2,1-4H3. The highest BCUT2D eigenvalue weighted by Crippen LogP contribution is 2.38. The van der Waals surface area contributed by atoms with Gasteiger partial charge in [0.25, 0.3) is 0 Å². The van der Waals surface area contributed by atoms with Crippen LogP contribution in [0, 0.1) is 0 Å². The molecule has 0 aliphatic carbocycles. The average molecular weight is 446 g/mol. The fourth-order valence-corrected chi connectivity index (χ4v) is 4.34. The topological polar surface area (TPSA) is 107 Å². The molecule has 3 aromatic rings. The summed E-state index contributed by atoms with van der Waals surface area (Å²) in [5.41, 5.74) is -0.183. The largest absolute Gasteiger partial charge is 0.868 e. The normalized spacial score (nSPS) is 11.7. The minimum atomic E-state index is -0.768. The third kappa shape index (κ3) is 4.56. The molecule has 1 aromatic heterocycles. The molecule has 0 radical (unpaired) electrons. The molecule has 164 valence electrons. The second-order valence-electron chi connectivity index (χ2n) is 6.44. The smallest absolute Gasteiger partial charge is 0.391 e. The number of benzene rings is 2. The molecule has 0 aliphatic heterocycles. The maximum absolute atomic E-state index is 12.7. The molecule has 1 heterocycles. The molecule has 9 heteroatoms. The van der Waals surface area contributed by atoms with Crippen molar-refractivity contribution >= 4 is 27.8 Å². The Morgan fingerprint density at radius 1 is 1.06 bits per heavy atom. The van der Waals surface area contributed by atoms with Crippen molar-refractivity contribution < 1.29 is 33.3 Å². The Balaban J connectivity index is 1.73. The van der Waals surface area contributed by atoms with Gasteiger partial charge in [-0.25, -0.2) is 9.59 Å². The predicted octanol–water partition coefficient (Wildman–Crippen LogP) is 2.36. The maximum Gasteiger partial charge on any atom is 0.391 e. The number of carbonyl (C=O) groups excluding carboxylic acids is 1. The molecule has 0 amide bonds. The number of carbonyl (C=O) groups is 1. The van der Waals surface area contributed by atoms with Crippen LogP contribution in [0.5, 0.6) is 23.0 Å². The molecule has 1 atom stereocenters. The summed E-state index contributed by atoms with van der Waals surface area (Å²) >= 11 is 0. The van der Waals surface area contributed by atoms with E-state index in [1.54, 1.807) is 30.5 Å². The number of ether oxygens (including phenoxy) is 4. The molecule has 0 fully saturated rings. The van der Waals surface area contributed by atoms with Gasteiger partial charge in [0.1, 0.15) is 24.2 Å². The van der Waals surface area contributed by atoms with E-state index in [1.165, 1.54) is 33.5 Å². The molecule has 1 unspecified atom stereocenters. The van der Waals surface area contributed by atoms with Crippen LogP contribution in [0.3, 0.4) is 0 Å². The Hall–Kier alpha value is -3.33. The Morgan fingerprint density at radius 2 is 1.71 bits per heavy atom. The molecule has 2 aromatic carbocycles. The van der Waals surface area contributed by atoms with Gasteiger partial charge in [-0.1, -0.05) is 18.2 Å². The Bertz CT molecular complexity index is 1130. The Morgan fingerprint density at radius 3 is 2.32 bits per heavy atom. The van der Waals surface area contributed by atoms with Crippen molar-refractivity contribution in [2.45, 2.75) is 4.90 Å². The lowest BCUT2D eigenvalue weighted by atomic mass is 10.2. The first-order valence-corrected chi connectivity index (χ1v) is 11.0. The van der Waals surface area contributed by atoms with Gasteiger partial charge in [0.15, 0.2) is 11.5 Å². The molecular formula is C22H22O8S. The van der Waals surface area contributed by atoms with E-state index in [2.05, 4.69) is 0 Å². The zero-order valence-electron chi connectivity index (χ0n) is 17.6. The SMILES string of the molecule is COc1cc(C(=O)OCC[S+](C)c2c([O-])c3ccccc3oc2=O)cc(OC)c1OC. The maximum atomic E-state index is 12.7. The van der Waals surface area contributed by atoms with Gasteiger partial charge in [0.05, 0.1) is 26.9 Å². The van der Waals surface area contributed by atoms with Crippen LogP contribution in [0.15, 0.2) is 50.5 Å². The molecule has 0 saturated heterocycles. The molecule has 0 saturated carbocycles. The highest BCUT2D eigenvalue weighted by Gasteiger charge is 2.25. The van der Waals surface area contributed by atoms with Crippen LogP contribution < -0.4 is 24.9 Å². The zero-order chi connectivity index (χ0) is 22.5. The summed E-state index contributed by atoms with van der Waals surface area (Å²) in [5, 5.41) is 13.1. The fraction of sp³-hybridized carbons (Fsp3) is 0.273. The Kier molecular flexibility index (Phi) is 6.96. The van der Waals surface area contributed by atoms with Crippen LogP contribution in [0.4, 0.5) is 0 Å². The number of esters is 1. The monoisotopic (exact) mass is 446 g/mol. The van der Waals surface area contributed by atoms with Crippen molar-refractivity contribution in [1.82, 2.24) is 0 Å². The first kappa shape index (κ1) is 22.4. The molecule has 31 heavy (non-hydrogen) atoms. The van der Waals surface area contributed by atoms with Crippen molar-refractivity contribution in [2.75, 3.05) is 39.9 Å². The highest BCUT2D eigenvalue weighted by molar-refractivity contribution is 7.96. The second-order valence-corrected chi connectivity index (χ2v) is 8.53. The van der Waals surface area contributed by atoms with Crippen LogP contribution in [-0.2, 0) is 15.6 Å². The van der Waals surface area contributed by atoms with Gasteiger partial charge in [-0.3, -0.25) is 0 Å². The van der Waals surface area contributed by atoms with Gasteiger partial charge in [-0.05, 0) is 23.9 Å². The summed E-state index contributed by atoms with van der Waals surface area (Å²) in [5.74, 6) is 0.372. The van der Waals surface area contributed by atoms with Crippen molar-refractivity contribution in [3.63, 3.8) is 0 Å². The van der Waals surface area contributed by atoms with E-state index >= 15 is 0 Å². The average Bonchev–Trinajstić information content (AvgIpc) is 2.77. The van der Waals surface area contributed by atoms with E-state index in [0.29, 0.717) is 28.4 Å². The highest BCUT2D eigenvalue weighted by atomic mass is 32.2. The predicted molar refractivity (Wildman–Crippen MR) is 115 cm³/mol. The van der Waals surface area contributed by atoms with Gasteiger partial charge < -0.3 is 28.5 Å². The number of hydrogen-bond donors (Lipinski definition) is 0. The Labute approximate surface area is 181 Å². The van der Waals surface area contributed by atoms with Crippen molar-refractivity contribution in [1.29, 1.82) is 0 Å². The van der Waals surface area contributed by atoms with Crippen LogP contribution in [0.1, 0.15) is 10.4 Å². The van der Waals surface area contributed by atoms with E-state index in [4.69, 9.17) is 23.4 Å². The molecule has 3 rings (SSSR count). The first-order valence-electron chi connectivity index (χ1n) is 9.23. The van der Waals surface area contributed by atoms with E-state index in [9.17, 15) is 14.7 Å². The van der Waals surface area contributed by atoms with E-state index in [-0.39, 0.29) is 28.4 Å². The van der Waals surface area contributed by atoms with Crippen molar-refractivity contribution in [3.05, 3.63) is 52.4 Å². The van der Waals surface area contributed by atoms with Gasteiger partial charge in [-0.2, -0.15) is 0 Å². The number of para-hydroxylation sites is 1. The van der Waals surface area contributed by atoms with Crippen LogP contribution in [0.25, 0.3) is 11.0 Å². The van der Waals surface area contributed by atoms with E-state index in [0.717, 1.165) is 0 Å². The zero-order valence-corrected chi connectivity index (χ0v) is 18.4. The summed E-state index contributed by atoms with van der Waals surface area (Å²) in [4.78, 5) is 24.9. The van der Waals surface area contributed by atoms with E-state index in [1.807, 2.05) is 0 Å². The second kappa shape index (κ2) is 9.65.